The van der Waals surface area contributed by atoms with Gasteiger partial charge in [0.05, 0.1) is 0 Å². The summed E-state index contributed by atoms with van der Waals surface area (Å²) in [5, 5.41) is 3.51. The molecule has 1 rings (SSSR count). The molecule has 102 valence electrons. The quantitative estimate of drug-likeness (QED) is 0.694. The summed E-state index contributed by atoms with van der Waals surface area (Å²) in [7, 11) is 0. The number of unbranched alkanes of at least 4 members (excludes halogenated alkanes) is 2. The number of hydrogen-bond donors (Lipinski definition) is 1. The number of nitrogens with one attached hydrogen (secondary N) is 1. The maximum absolute atomic E-state index is 13.6. The monoisotopic (exact) mass is 251 g/mol. The summed E-state index contributed by atoms with van der Waals surface area (Å²) in [5.41, 5.74) is 2.73. The van der Waals surface area contributed by atoms with Gasteiger partial charge in [-0.3, -0.25) is 0 Å². The fraction of sp³-hybridized carbons (Fsp3) is 0.625. The zero-order valence-electron chi connectivity index (χ0n) is 12.1. The van der Waals surface area contributed by atoms with Gasteiger partial charge in [0, 0.05) is 6.04 Å². The molecule has 0 aliphatic heterocycles. The van der Waals surface area contributed by atoms with Gasteiger partial charge in [0.25, 0.3) is 0 Å². The highest BCUT2D eigenvalue weighted by atomic mass is 19.1. The van der Waals surface area contributed by atoms with Crippen LogP contribution in [-0.2, 0) is 0 Å². The van der Waals surface area contributed by atoms with Crippen molar-refractivity contribution < 1.29 is 4.39 Å². The van der Waals surface area contributed by atoms with Crippen molar-refractivity contribution in [1.82, 2.24) is 5.32 Å². The Bertz CT molecular complexity index is 350. The van der Waals surface area contributed by atoms with E-state index in [-0.39, 0.29) is 5.82 Å². The van der Waals surface area contributed by atoms with E-state index in [4.69, 9.17) is 0 Å². The lowest BCUT2D eigenvalue weighted by atomic mass is 9.96. The number of hydrogen-bond acceptors (Lipinski definition) is 1. The lowest BCUT2D eigenvalue weighted by Crippen LogP contribution is -2.21. The highest BCUT2D eigenvalue weighted by Gasteiger charge is 2.13. The normalized spacial score (nSPS) is 12.7. The number of halogens is 1. The van der Waals surface area contributed by atoms with Crippen LogP contribution < -0.4 is 5.32 Å². The van der Waals surface area contributed by atoms with Gasteiger partial charge in [-0.15, -0.1) is 0 Å². The molecular weight excluding hydrogens is 225 g/mol. The van der Waals surface area contributed by atoms with Crippen LogP contribution in [0.5, 0.6) is 0 Å². The topological polar surface area (TPSA) is 12.0 Å². The molecule has 0 bridgehead atoms. The molecule has 1 N–H and O–H groups in total. The summed E-state index contributed by atoms with van der Waals surface area (Å²) >= 11 is 0. The summed E-state index contributed by atoms with van der Waals surface area (Å²) in [5.74, 6) is -0.0671. The predicted molar refractivity (Wildman–Crippen MR) is 76.4 cm³/mol. The minimum Gasteiger partial charge on any atom is -0.310 e. The molecule has 1 unspecified atom stereocenters. The third-order valence-corrected chi connectivity index (χ3v) is 3.41. The fourth-order valence-corrected chi connectivity index (χ4v) is 2.41. The van der Waals surface area contributed by atoms with Gasteiger partial charge >= 0.3 is 0 Å². The molecule has 0 amide bonds. The SMILES string of the molecule is CCCCCC(NCC)c1cc(C)c(F)c(C)c1. The van der Waals surface area contributed by atoms with Crippen LogP contribution >= 0.6 is 0 Å². The first-order valence-corrected chi connectivity index (χ1v) is 7.10. The minimum absolute atomic E-state index is 0.0671. The molecule has 0 fully saturated rings. The van der Waals surface area contributed by atoms with Crippen molar-refractivity contribution in [2.45, 2.75) is 59.4 Å². The van der Waals surface area contributed by atoms with E-state index in [0.717, 1.165) is 24.1 Å². The van der Waals surface area contributed by atoms with Gasteiger partial charge in [0.1, 0.15) is 5.82 Å². The number of benzene rings is 1. The van der Waals surface area contributed by atoms with Gasteiger partial charge in [-0.25, -0.2) is 4.39 Å². The van der Waals surface area contributed by atoms with Crippen molar-refractivity contribution in [2.24, 2.45) is 0 Å². The predicted octanol–water partition coefficient (Wildman–Crippen LogP) is 4.67. The summed E-state index contributed by atoms with van der Waals surface area (Å²) in [6, 6.07) is 4.34. The second kappa shape index (κ2) is 7.52. The Morgan fingerprint density at radius 3 is 2.22 bits per heavy atom. The van der Waals surface area contributed by atoms with Crippen LogP contribution in [0.15, 0.2) is 12.1 Å². The molecular formula is C16H26FN. The molecule has 0 saturated carbocycles. The lowest BCUT2D eigenvalue weighted by Gasteiger charge is -2.20. The van der Waals surface area contributed by atoms with Gasteiger partial charge in [-0.05, 0) is 43.5 Å². The van der Waals surface area contributed by atoms with E-state index in [0.29, 0.717) is 6.04 Å². The molecule has 0 aliphatic rings. The molecule has 0 aromatic heterocycles. The third kappa shape index (κ3) is 4.09. The van der Waals surface area contributed by atoms with Crippen LogP contribution in [0.1, 0.15) is 62.3 Å². The highest BCUT2D eigenvalue weighted by Crippen LogP contribution is 2.24. The second-order valence-corrected chi connectivity index (χ2v) is 5.07. The molecule has 1 nitrogen and oxygen atoms in total. The first-order valence-electron chi connectivity index (χ1n) is 7.10. The number of rotatable bonds is 7. The summed E-state index contributed by atoms with van der Waals surface area (Å²) < 4.78 is 13.6. The largest absolute Gasteiger partial charge is 0.310 e. The van der Waals surface area contributed by atoms with E-state index in [9.17, 15) is 4.39 Å². The van der Waals surface area contributed by atoms with E-state index >= 15 is 0 Å². The molecule has 0 heterocycles. The average molecular weight is 251 g/mol. The summed E-state index contributed by atoms with van der Waals surface area (Å²) in [4.78, 5) is 0. The second-order valence-electron chi connectivity index (χ2n) is 5.07. The Kier molecular flexibility index (Phi) is 6.34. The molecule has 18 heavy (non-hydrogen) atoms. The molecule has 0 saturated heterocycles. The third-order valence-electron chi connectivity index (χ3n) is 3.41. The maximum atomic E-state index is 13.6. The number of aryl methyl sites for hydroxylation is 2. The lowest BCUT2D eigenvalue weighted by molar-refractivity contribution is 0.485. The molecule has 1 atom stereocenters. The van der Waals surface area contributed by atoms with Crippen molar-refractivity contribution in [1.29, 1.82) is 0 Å². The Morgan fingerprint density at radius 2 is 1.72 bits per heavy atom. The summed E-state index contributed by atoms with van der Waals surface area (Å²) in [6.07, 6.45) is 4.86. The zero-order chi connectivity index (χ0) is 13.5. The molecule has 1 aromatic carbocycles. The highest BCUT2D eigenvalue weighted by molar-refractivity contribution is 5.32. The van der Waals surface area contributed by atoms with Crippen molar-refractivity contribution in [3.05, 3.63) is 34.6 Å². The molecule has 0 aliphatic carbocycles. The molecule has 0 spiro atoms. The maximum Gasteiger partial charge on any atom is 0.129 e. The van der Waals surface area contributed by atoms with Gasteiger partial charge < -0.3 is 5.32 Å². The van der Waals surface area contributed by atoms with Crippen LogP contribution in [-0.4, -0.2) is 6.54 Å². The smallest absolute Gasteiger partial charge is 0.129 e. The van der Waals surface area contributed by atoms with Crippen LogP contribution in [0, 0.1) is 19.7 Å². The molecule has 1 aromatic rings. The van der Waals surface area contributed by atoms with Crippen molar-refractivity contribution in [3.8, 4) is 0 Å². The Labute approximate surface area is 111 Å². The fourth-order valence-electron chi connectivity index (χ4n) is 2.41. The minimum atomic E-state index is -0.0671. The van der Waals surface area contributed by atoms with Gasteiger partial charge in [0.2, 0.25) is 0 Å². The van der Waals surface area contributed by atoms with Crippen LogP contribution in [0.25, 0.3) is 0 Å². The van der Waals surface area contributed by atoms with E-state index in [1.807, 2.05) is 26.0 Å². The van der Waals surface area contributed by atoms with Crippen LogP contribution in [0.4, 0.5) is 4.39 Å². The van der Waals surface area contributed by atoms with E-state index in [2.05, 4.69) is 19.2 Å². The van der Waals surface area contributed by atoms with Gasteiger partial charge in [-0.2, -0.15) is 0 Å². The van der Waals surface area contributed by atoms with E-state index in [1.165, 1.54) is 24.8 Å². The average Bonchev–Trinajstić information content (AvgIpc) is 2.34. The van der Waals surface area contributed by atoms with E-state index in [1.54, 1.807) is 0 Å². The standard InChI is InChI=1S/C16H26FN/c1-5-7-8-9-15(18-6-2)14-10-12(3)16(17)13(4)11-14/h10-11,15,18H,5-9H2,1-4H3. The Hall–Kier alpha value is -0.890. The Morgan fingerprint density at radius 1 is 1.11 bits per heavy atom. The molecule has 0 radical (unpaired) electrons. The zero-order valence-corrected chi connectivity index (χ0v) is 12.1. The van der Waals surface area contributed by atoms with Crippen LogP contribution in [0.3, 0.4) is 0 Å². The van der Waals surface area contributed by atoms with Crippen molar-refractivity contribution >= 4 is 0 Å². The van der Waals surface area contributed by atoms with Crippen molar-refractivity contribution in [3.63, 3.8) is 0 Å². The Balaban J connectivity index is 2.84. The summed E-state index contributed by atoms with van der Waals surface area (Å²) in [6.45, 7) is 8.98. The van der Waals surface area contributed by atoms with Crippen LogP contribution in [0.2, 0.25) is 0 Å². The van der Waals surface area contributed by atoms with Gasteiger partial charge in [-0.1, -0.05) is 45.2 Å². The molecule has 2 heteroatoms. The van der Waals surface area contributed by atoms with E-state index < -0.39 is 0 Å². The first-order chi connectivity index (χ1) is 8.60. The van der Waals surface area contributed by atoms with Gasteiger partial charge in [0.15, 0.2) is 0 Å². The van der Waals surface area contributed by atoms with Crippen molar-refractivity contribution in [2.75, 3.05) is 6.54 Å². The first kappa shape index (κ1) is 15.2.